The van der Waals surface area contributed by atoms with E-state index in [0.29, 0.717) is 17.2 Å². The van der Waals surface area contributed by atoms with Crippen LogP contribution in [0.1, 0.15) is 5.56 Å². The Morgan fingerprint density at radius 1 is 1.10 bits per heavy atom. The van der Waals surface area contributed by atoms with Crippen LogP contribution in [0.5, 0.6) is 11.6 Å². The van der Waals surface area contributed by atoms with Gasteiger partial charge >= 0.3 is 0 Å². The van der Waals surface area contributed by atoms with Gasteiger partial charge in [-0.3, -0.25) is 19.8 Å². The van der Waals surface area contributed by atoms with Crippen LogP contribution in [0.3, 0.4) is 0 Å². The Kier molecular flexibility index (Phi) is 5.20. The molecule has 0 saturated carbocycles. The molecule has 1 fully saturated rings. The third-order valence-corrected chi connectivity index (χ3v) is 5.16. The second-order valence-electron chi connectivity index (χ2n) is 6.73. The maximum atomic E-state index is 13.0. The number of thiocarbonyl (C=S) groups is 1. The van der Waals surface area contributed by atoms with Crippen LogP contribution in [-0.2, 0) is 16.6 Å². The maximum Gasteiger partial charge on any atom is 0.265 e. The van der Waals surface area contributed by atoms with Crippen molar-refractivity contribution in [2.45, 2.75) is 0 Å². The Morgan fingerprint density at radius 3 is 2.53 bits per heavy atom. The van der Waals surface area contributed by atoms with Crippen molar-refractivity contribution in [1.82, 2.24) is 14.8 Å². The SMILES string of the molecule is C=CCN1C(=O)C(=Cc2c(Oc3ccccc3)n(C)c3ccccc23)C(=O)NC1=S. The molecule has 1 aliphatic heterocycles. The number of rotatable bonds is 5. The highest BCUT2D eigenvalue weighted by molar-refractivity contribution is 7.80. The summed E-state index contributed by atoms with van der Waals surface area (Å²) in [4.78, 5) is 26.9. The molecule has 6 nitrogen and oxygen atoms in total. The van der Waals surface area contributed by atoms with Crippen molar-refractivity contribution in [3.8, 4) is 11.6 Å². The fraction of sp³-hybridized carbons (Fsp3) is 0.0870. The molecule has 30 heavy (non-hydrogen) atoms. The number of ether oxygens (including phenoxy) is 1. The van der Waals surface area contributed by atoms with E-state index in [4.69, 9.17) is 17.0 Å². The summed E-state index contributed by atoms with van der Waals surface area (Å²) in [7, 11) is 1.88. The first-order valence-corrected chi connectivity index (χ1v) is 9.72. The van der Waals surface area contributed by atoms with E-state index in [1.54, 1.807) is 12.2 Å². The lowest BCUT2D eigenvalue weighted by Crippen LogP contribution is -2.53. The third kappa shape index (κ3) is 3.40. The molecule has 1 aliphatic rings. The van der Waals surface area contributed by atoms with Gasteiger partial charge in [0.2, 0.25) is 5.88 Å². The average molecular weight is 417 g/mol. The van der Waals surface area contributed by atoms with E-state index in [2.05, 4.69) is 11.9 Å². The Hall–Kier alpha value is -3.71. The molecular weight excluding hydrogens is 398 g/mol. The van der Waals surface area contributed by atoms with Crippen molar-refractivity contribution in [2.75, 3.05) is 6.54 Å². The van der Waals surface area contributed by atoms with Crippen molar-refractivity contribution >= 4 is 46.1 Å². The number of hydrogen-bond acceptors (Lipinski definition) is 4. The van der Waals surface area contributed by atoms with Gasteiger partial charge in [0.1, 0.15) is 11.3 Å². The summed E-state index contributed by atoms with van der Waals surface area (Å²) in [6.07, 6.45) is 3.12. The van der Waals surface area contributed by atoms with Crippen molar-refractivity contribution in [3.63, 3.8) is 0 Å². The highest BCUT2D eigenvalue weighted by atomic mass is 32.1. The molecule has 2 amide bonds. The minimum Gasteiger partial charge on any atom is -0.440 e. The second-order valence-corrected chi connectivity index (χ2v) is 7.12. The topological polar surface area (TPSA) is 63.6 Å². The van der Waals surface area contributed by atoms with E-state index in [9.17, 15) is 9.59 Å². The molecule has 2 heterocycles. The van der Waals surface area contributed by atoms with E-state index in [1.165, 1.54) is 4.90 Å². The van der Waals surface area contributed by atoms with Gasteiger partial charge in [-0.1, -0.05) is 42.5 Å². The Balaban J connectivity index is 1.88. The average Bonchev–Trinajstić information content (AvgIpc) is 3.01. The lowest BCUT2D eigenvalue weighted by Gasteiger charge is -2.27. The molecule has 1 saturated heterocycles. The number of nitrogens with one attached hydrogen (secondary N) is 1. The van der Waals surface area contributed by atoms with Gasteiger partial charge < -0.3 is 9.30 Å². The molecule has 0 aliphatic carbocycles. The highest BCUT2D eigenvalue weighted by Crippen LogP contribution is 2.36. The van der Waals surface area contributed by atoms with Gasteiger partial charge in [0, 0.05) is 24.5 Å². The van der Waals surface area contributed by atoms with Crippen molar-refractivity contribution in [1.29, 1.82) is 0 Å². The number of carbonyl (C=O) groups is 2. The maximum absolute atomic E-state index is 13.0. The zero-order chi connectivity index (χ0) is 21.3. The first-order valence-electron chi connectivity index (χ1n) is 9.31. The van der Waals surface area contributed by atoms with Gasteiger partial charge in [-0.15, -0.1) is 6.58 Å². The minimum atomic E-state index is -0.538. The monoisotopic (exact) mass is 417 g/mol. The Bertz CT molecular complexity index is 1210. The lowest BCUT2D eigenvalue weighted by atomic mass is 10.1. The zero-order valence-electron chi connectivity index (χ0n) is 16.3. The molecule has 0 unspecified atom stereocenters. The summed E-state index contributed by atoms with van der Waals surface area (Å²) in [5.74, 6) is 0.169. The van der Waals surface area contributed by atoms with Crippen LogP contribution >= 0.6 is 12.2 Å². The lowest BCUT2D eigenvalue weighted by molar-refractivity contribution is -0.128. The van der Waals surface area contributed by atoms with Crippen LogP contribution in [0.2, 0.25) is 0 Å². The fourth-order valence-corrected chi connectivity index (χ4v) is 3.65. The van der Waals surface area contributed by atoms with Gasteiger partial charge in [0.05, 0.1) is 5.52 Å². The third-order valence-electron chi connectivity index (χ3n) is 4.83. The van der Waals surface area contributed by atoms with Gasteiger partial charge in [0.25, 0.3) is 11.8 Å². The van der Waals surface area contributed by atoms with Crippen molar-refractivity contribution < 1.29 is 14.3 Å². The first kappa shape index (κ1) is 19.6. The summed E-state index contributed by atoms with van der Waals surface area (Å²) in [6.45, 7) is 3.85. The van der Waals surface area contributed by atoms with Gasteiger partial charge in [-0.2, -0.15) is 0 Å². The van der Waals surface area contributed by atoms with Gasteiger partial charge in [-0.25, -0.2) is 0 Å². The van der Waals surface area contributed by atoms with Gasteiger partial charge in [-0.05, 0) is 36.5 Å². The molecule has 0 bridgehead atoms. The van der Waals surface area contributed by atoms with Crippen LogP contribution in [0.25, 0.3) is 17.0 Å². The molecular formula is C23H19N3O3S. The quantitative estimate of drug-likeness (QED) is 0.297. The number of amides is 2. The number of aryl methyl sites for hydroxylation is 1. The molecule has 2 aromatic carbocycles. The zero-order valence-corrected chi connectivity index (χ0v) is 17.1. The van der Waals surface area contributed by atoms with E-state index in [1.807, 2.05) is 66.2 Å². The number of carbonyl (C=O) groups excluding carboxylic acids is 2. The fourth-order valence-electron chi connectivity index (χ4n) is 3.40. The largest absolute Gasteiger partial charge is 0.440 e. The molecule has 0 radical (unpaired) electrons. The predicted molar refractivity (Wildman–Crippen MR) is 120 cm³/mol. The number of hydrogen-bond donors (Lipinski definition) is 1. The number of para-hydroxylation sites is 2. The van der Waals surface area contributed by atoms with E-state index < -0.39 is 11.8 Å². The van der Waals surface area contributed by atoms with Crippen molar-refractivity contribution in [3.05, 3.63) is 78.4 Å². The summed E-state index contributed by atoms with van der Waals surface area (Å²) in [5, 5.41) is 3.51. The molecule has 4 rings (SSSR count). The van der Waals surface area contributed by atoms with E-state index >= 15 is 0 Å². The highest BCUT2D eigenvalue weighted by Gasteiger charge is 2.33. The molecule has 1 aromatic heterocycles. The Morgan fingerprint density at radius 2 is 1.80 bits per heavy atom. The molecule has 3 aromatic rings. The molecule has 7 heteroatoms. The van der Waals surface area contributed by atoms with E-state index in [0.717, 1.165) is 10.9 Å². The summed E-state index contributed by atoms with van der Waals surface area (Å²) in [6, 6.07) is 17.1. The molecule has 1 N–H and O–H groups in total. The Labute approximate surface area is 179 Å². The smallest absolute Gasteiger partial charge is 0.265 e. The van der Waals surface area contributed by atoms with E-state index in [-0.39, 0.29) is 17.2 Å². The molecule has 0 spiro atoms. The minimum absolute atomic E-state index is 0.0142. The number of fused-ring (bicyclic) bond motifs is 1. The summed E-state index contributed by atoms with van der Waals surface area (Å²) in [5.41, 5.74) is 1.54. The van der Waals surface area contributed by atoms with Crippen LogP contribution in [0.4, 0.5) is 0 Å². The predicted octanol–water partition coefficient (Wildman–Crippen LogP) is 3.78. The van der Waals surface area contributed by atoms with Crippen LogP contribution in [0, 0.1) is 0 Å². The molecule has 0 atom stereocenters. The number of benzene rings is 2. The first-order chi connectivity index (χ1) is 14.5. The summed E-state index contributed by atoms with van der Waals surface area (Å²) >= 11 is 5.13. The van der Waals surface area contributed by atoms with Crippen LogP contribution in [-0.4, -0.2) is 32.9 Å². The normalized spacial score (nSPS) is 15.6. The second kappa shape index (κ2) is 7.96. The van der Waals surface area contributed by atoms with Gasteiger partial charge in [0.15, 0.2) is 5.11 Å². The van der Waals surface area contributed by atoms with Crippen molar-refractivity contribution in [2.24, 2.45) is 7.05 Å². The van der Waals surface area contributed by atoms with Crippen LogP contribution in [0.15, 0.2) is 72.8 Å². The molecule has 150 valence electrons. The number of nitrogens with zero attached hydrogens (tertiary/aromatic N) is 2. The summed E-state index contributed by atoms with van der Waals surface area (Å²) < 4.78 is 8.05. The standard InChI is InChI=1S/C23H19N3O3S/c1-3-13-26-21(28)18(20(27)24-23(26)30)14-17-16-11-7-8-12-19(16)25(2)22(17)29-15-9-5-4-6-10-15/h3-12,14H,1,13H2,2H3,(H,24,27,30). The number of aromatic nitrogens is 1. The van der Waals surface area contributed by atoms with Crippen LogP contribution < -0.4 is 10.1 Å².